The highest BCUT2D eigenvalue weighted by Crippen LogP contribution is 2.60. The lowest BCUT2D eigenvalue weighted by molar-refractivity contribution is -0.148. The third kappa shape index (κ3) is 3.95. The maximum Gasteiger partial charge on any atom is 0.285 e. The van der Waals surface area contributed by atoms with Gasteiger partial charge in [-0.2, -0.15) is 5.10 Å². The van der Waals surface area contributed by atoms with Crippen LogP contribution in [0.25, 0.3) is 0 Å². The number of hydrogen-bond donors (Lipinski definition) is 2. The number of rotatable bonds is 4. The second kappa shape index (κ2) is 7.73. The van der Waals surface area contributed by atoms with Gasteiger partial charge in [0.15, 0.2) is 0 Å². The van der Waals surface area contributed by atoms with Crippen LogP contribution in [0, 0.1) is 29.0 Å². The number of nitrogens with zero attached hydrogens (tertiary/aromatic N) is 2. The summed E-state index contributed by atoms with van der Waals surface area (Å²) in [6.45, 7) is 0.162. The first kappa shape index (κ1) is 20.2. The van der Waals surface area contributed by atoms with Crippen molar-refractivity contribution in [2.75, 3.05) is 0 Å². The molecule has 4 bridgehead atoms. The molecule has 1 heterocycles. The molecule has 2 N–H and O–H groups in total. The number of hydrazine groups is 1. The maximum absolute atomic E-state index is 13.1. The highest BCUT2D eigenvalue weighted by atomic mass is 19.1. The van der Waals surface area contributed by atoms with E-state index in [4.69, 9.17) is 0 Å². The molecule has 6 rings (SSSR count). The molecule has 0 aromatic heterocycles. The van der Waals surface area contributed by atoms with Crippen LogP contribution in [0.1, 0.15) is 56.9 Å². The monoisotopic (exact) mass is 426 g/mol. The smallest absolute Gasteiger partial charge is 0.273 e. The van der Waals surface area contributed by atoms with Gasteiger partial charge < -0.3 is 0 Å². The van der Waals surface area contributed by atoms with Crippen LogP contribution in [0.15, 0.2) is 29.4 Å². The molecule has 5 aliphatic rings. The van der Waals surface area contributed by atoms with Crippen molar-refractivity contribution in [3.63, 3.8) is 0 Å². The van der Waals surface area contributed by atoms with Crippen molar-refractivity contribution in [3.05, 3.63) is 35.6 Å². The fraction of sp³-hybridized carbons (Fsp3) is 0.565. The zero-order valence-electron chi connectivity index (χ0n) is 17.4. The van der Waals surface area contributed by atoms with Gasteiger partial charge in [0.05, 0.1) is 12.0 Å². The van der Waals surface area contributed by atoms with E-state index in [1.165, 1.54) is 36.4 Å². The predicted octanol–water partition coefficient (Wildman–Crippen LogP) is 2.67. The van der Waals surface area contributed by atoms with Gasteiger partial charge in [-0.3, -0.25) is 25.2 Å². The van der Waals surface area contributed by atoms with E-state index in [-0.39, 0.29) is 48.1 Å². The van der Waals surface area contributed by atoms with E-state index in [0.717, 1.165) is 24.8 Å². The predicted molar refractivity (Wildman–Crippen MR) is 111 cm³/mol. The van der Waals surface area contributed by atoms with E-state index in [9.17, 15) is 18.8 Å². The molecule has 0 atom stereocenters. The molecular weight excluding hydrogens is 399 g/mol. The van der Waals surface area contributed by atoms with E-state index in [1.54, 1.807) is 12.1 Å². The number of carbonyl (C=O) groups excluding carboxylic acids is 3. The number of halogens is 1. The molecule has 0 radical (unpaired) electrons. The zero-order chi connectivity index (χ0) is 21.6. The minimum Gasteiger partial charge on any atom is -0.273 e. The number of benzene rings is 1. The third-order valence-electron chi connectivity index (χ3n) is 7.42. The molecule has 1 aromatic rings. The Kier molecular flexibility index (Phi) is 5.02. The summed E-state index contributed by atoms with van der Waals surface area (Å²) in [5.41, 5.74) is 5.75. The summed E-state index contributed by atoms with van der Waals surface area (Å²) in [6, 6.07) is 5.80. The maximum atomic E-state index is 13.1. The number of carbonyl (C=O) groups is 3. The minimum atomic E-state index is -0.491. The second-order valence-electron chi connectivity index (χ2n) is 9.73. The Morgan fingerprint density at radius 1 is 1.00 bits per heavy atom. The van der Waals surface area contributed by atoms with Crippen molar-refractivity contribution in [1.29, 1.82) is 0 Å². The first-order chi connectivity index (χ1) is 14.9. The lowest BCUT2D eigenvalue weighted by Crippen LogP contribution is -2.57. The SMILES string of the molecule is O=C(NNC(=O)C12CC3CC(CC(C3)C1)C2)C1=NN(Cc2ccc(F)cc2)C(=O)CC1. The first-order valence-electron chi connectivity index (χ1n) is 11.1. The van der Waals surface area contributed by atoms with Gasteiger partial charge in [-0.1, -0.05) is 12.1 Å². The summed E-state index contributed by atoms with van der Waals surface area (Å²) < 4.78 is 13.1. The molecular formula is C23H27FN4O3. The number of nitrogens with one attached hydrogen (secondary N) is 2. The van der Waals surface area contributed by atoms with Crippen molar-refractivity contribution in [2.24, 2.45) is 28.3 Å². The van der Waals surface area contributed by atoms with Crippen LogP contribution in [0.4, 0.5) is 4.39 Å². The molecule has 1 aromatic carbocycles. The molecule has 8 heteroatoms. The van der Waals surface area contributed by atoms with Gasteiger partial charge in [0.2, 0.25) is 11.8 Å². The standard InChI is InChI=1S/C23H27FN4O3/c24-18-3-1-14(2-4-18)13-28-20(29)6-5-19(27-28)21(30)25-26-22(31)23-10-15-7-16(11-23)9-17(8-15)12-23/h1-4,15-17H,5-13H2,(H,25,30)(H,26,31). The Morgan fingerprint density at radius 2 is 1.61 bits per heavy atom. The Morgan fingerprint density at radius 3 is 2.23 bits per heavy atom. The summed E-state index contributed by atoms with van der Waals surface area (Å²) in [6.07, 6.45) is 6.87. The van der Waals surface area contributed by atoms with Crippen LogP contribution >= 0.6 is 0 Å². The molecule has 0 spiro atoms. The van der Waals surface area contributed by atoms with E-state index in [2.05, 4.69) is 16.0 Å². The summed E-state index contributed by atoms with van der Waals surface area (Å²) in [4.78, 5) is 37.8. The van der Waals surface area contributed by atoms with Crippen molar-refractivity contribution in [1.82, 2.24) is 15.9 Å². The van der Waals surface area contributed by atoms with Crippen LogP contribution in [0.5, 0.6) is 0 Å². The first-order valence-corrected chi connectivity index (χ1v) is 11.1. The molecule has 1 aliphatic heterocycles. The number of hydrazone groups is 1. The summed E-state index contributed by atoms with van der Waals surface area (Å²) in [5, 5.41) is 5.42. The number of hydrogen-bond acceptors (Lipinski definition) is 4. The Balaban J connectivity index is 1.21. The van der Waals surface area contributed by atoms with Gasteiger partial charge in [-0.15, -0.1) is 0 Å². The molecule has 0 unspecified atom stereocenters. The quantitative estimate of drug-likeness (QED) is 0.726. The normalized spacial score (nSPS) is 31.4. The molecule has 164 valence electrons. The highest BCUT2D eigenvalue weighted by Gasteiger charge is 2.54. The van der Waals surface area contributed by atoms with E-state index < -0.39 is 5.91 Å². The second-order valence-corrected chi connectivity index (χ2v) is 9.73. The molecule has 4 fully saturated rings. The van der Waals surface area contributed by atoms with Crippen LogP contribution in [0.3, 0.4) is 0 Å². The van der Waals surface area contributed by atoms with Crippen molar-refractivity contribution >= 4 is 23.4 Å². The Bertz CT molecular complexity index is 907. The molecule has 0 saturated heterocycles. The Hall–Kier alpha value is -2.77. The largest absolute Gasteiger partial charge is 0.285 e. The minimum absolute atomic E-state index is 0.0874. The highest BCUT2D eigenvalue weighted by molar-refractivity contribution is 6.39. The fourth-order valence-electron chi connectivity index (χ4n) is 6.36. The lowest BCUT2D eigenvalue weighted by atomic mass is 9.49. The Labute approximate surface area is 180 Å². The summed E-state index contributed by atoms with van der Waals surface area (Å²) in [7, 11) is 0. The van der Waals surface area contributed by atoms with E-state index in [0.29, 0.717) is 17.8 Å². The van der Waals surface area contributed by atoms with Crippen LogP contribution < -0.4 is 10.9 Å². The van der Waals surface area contributed by atoms with Crippen molar-refractivity contribution < 1.29 is 18.8 Å². The average molecular weight is 426 g/mol. The fourth-order valence-corrected chi connectivity index (χ4v) is 6.36. The lowest BCUT2D eigenvalue weighted by Gasteiger charge is -2.55. The molecule has 7 nitrogen and oxygen atoms in total. The average Bonchev–Trinajstić information content (AvgIpc) is 2.74. The molecule has 4 aliphatic carbocycles. The molecule has 4 saturated carbocycles. The van der Waals surface area contributed by atoms with Crippen LogP contribution in [0.2, 0.25) is 0 Å². The van der Waals surface area contributed by atoms with Gasteiger partial charge in [0.1, 0.15) is 11.5 Å². The van der Waals surface area contributed by atoms with Crippen LogP contribution in [-0.2, 0) is 20.9 Å². The summed E-state index contributed by atoms with van der Waals surface area (Å²) in [5.74, 6) is 0.792. The van der Waals surface area contributed by atoms with Crippen molar-refractivity contribution in [3.8, 4) is 0 Å². The van der Waals surface area contributed by atoms with Gasteiger partial charge in [-0.05, 0) is 74.0 Å². The number of amides is 3. The van der Waals surface area contributed by atoms with E-state index >= 15 is 0 Å². The van der Waals surface area contributed by atoms with Gasteiger partial charge >= 0.3 is 0 Å². The van der Waals surface area contributed by atoms with Crippen molar-refractivity contribution in [2.45, 2.75) is 57.9 Å². The van der Waals surface area contributed by atoms with E-state index in [1.807, 2.05) is 0 Å². The molecule has 31 heavy (non-hydrogen) atoms. The van der Waals surface area contributed by atoms with Gasteiger partial charge in [0.25, 0.3) is 5.91 Å². The topological polar surface area (TPSA) is 90.9 Å². The van der Waals surface area contributed by atoms with Gasteiger partial charge in [0, 0.05) is 12.8 Å². The summed E-state index contributed by atoms with van der Waals surface area (Å²) >= 11 is 0. The zero-order valence-corrected chi connectivity index (χ0v) is 17.4. The van der Waals surface area contributed by atoms with Gasteiger partial charge in [-0.25, -0.2) is 9.40 Å². The molecule has 3 amide bonds. The third-order valence-corrected chi connectivity index (χ3v) is 7.42. The van der Waals surface area contributed by atoms with Crippen LogP contribution in [-0.4, -0.2) is 28.4 Å².